The highest BCUT2D eigenvalue weighted by Gasteiger charge is 2.76. The van der Waals surface area contributed by atoms with E-state index >= 15 is 0 Å². The van der Waals surface area contributed by atoms with E-state index < -0.39 is 23.2 Å². The molecule has 2 aliphatic heterocycles. The van der Waals surface area contributed by atoms with Crippen LogP contribution in [0.1, 0.15) is 53.6 Å². The minimum Gasteiger partial charge on any atom is -0.632 e. The minimum atomic E-state index is -1.25. The smallest absolute Gasteiger partial charge is 0.251 e. The quantitative estimate of drug-likeness (QED) is 0.444. The zero-order valence-corrected chi connectivity index (χ0v) is 20.1. The highest BCUT2D eigenvalue weighted by Crippen LogP contribution is 2.66. The summed E-state index contributed by atoms with van der Waals surface area (Å²) in [6.45, 7) is 0.974. The van der Waals surface area contributed by atoms with Gasteiger partial charge in [-0.1, -0.05) is 17.7 Å². The number of carbonyl (C=O) groups is 1. The van der Waals surface area contributed by atoms with Crippen LogP contribution in [-0.2, 0) is 11.8 Å². The van der Waals surface area contributed by atoms with Gasteiger partial charge >= 0.3 is 0 Å². The molecule has 35 heavy (non-hydrogen) atoms. The Balaban J connectivity index is 1.31. The van der Waals surface area contributed by atoms with Crippen molar-refractivity contribution in [2.75, 3.05) is 13.1 Å². The second-order valence-corrected chi connectivity index (χ2v) is 11.7. The van der Waals surface area contributed by atoms with Crippen molar-refractivity contribution >= 4 is 17.5 Å². The van der Waals surface area contributed by atoms with Gasteiger partial charge in [0.05, 0.1) is 24.5 Å². The molecule has 3 fully saturated rings. The van der Waals surface area contributed by atoms with Gasteiger partial charge in [-0.05, 0) is 61.6 Å². The SMILES string of the molecule is O=C(N[C@@H]1CC[C@@]2(O)[C@H]3Cc4ccc(O)c5c4[C@@]2(CC[N+]3([O-])CC2CC2)[C@H]1O5)c1ccc(Cl)cc1. The number of ether oxygens (including phenoxy) is 1. The molecule has 1 amide bonds. The largest absolute Gasteiger partial charge is 0.632 e. The molecule has 2 saturated carbocycles. The Hall–Kier alpha value is -2.32. The summed E-state index contributed by atoms with van der Waals surface area (Å²) in [5, 5.41) is 41.1. The third-order valence-corrected chi connectivity index (χ3v) is 9.73. The highest BCUT2D eigenvalue weighted by molar-refractivity contribution is 6.30. The van der Waals surface area contributed by atoms with Gasteiger partial charge in [-0.25, -0.2) is 0 Å². The Bertz CT molecular complexity index is 1230. The summed E-state index contributed by atoms with van der Waals surface area (Å²) in [5.41, 5.74) is 0.250. The molecule has 8 heteroatoms. The molecule has 6 atom stereocenters. The van der Waals surface area contributed by atoms with Crippen LogP contribution in [0.2, 0.25) is 5.02 Å². The van der Waals surface area contributed by atoms with Crippen molar-refractivity contribution in [1.29, 1.82) is 0 Å². The Labute approximate surface area is 208 Å². The van der Waals surface area contributed by atoms with Crippen molar-refractivity contribution in [3.63, 3.8) is 0 Å². The van der Waals surface area contributed by atoms with E-state index in [0.717, 1.165) is 24.0 Å². The molecule has 0 aromatic heterocycles. The third-order valence-electron chi connectivity index (χ3n) is 9.48. The summed E-state index contributed by atoms with van der Waals surface area (Å²) in [4.78, 5) is 13.1. The fourth-order valence-corrected chi connectivity index (χ4v) is 7.88. The number of phenols is 1. The molecule has 7 nitrogen and oxygen atoms in total. The summed E-state index contributed by atoms with van der Waals surface area (Å²) < 4.78 is 6.10. The number of likely N-dealkylation sites (tertiary alicyclic amines) is 1. The number of hydrogen-bond acceptors (Lipinski definition) is 5. The Morgan fingerprint density at radius 2 is 1.94 bits per heavy atom. The maximum atomic E-state index is 14.2. The van der Waals surface area contributed by atoms with Crippen molar-refractivity contribution < 1.29 is 24.4 Å². The van der Waals surface area contributed by atoms with Crippen molar-refractivity contribution in [3.05, 3.63) is 63.3 Å². The molecule has 7 rings (SSSR count). The molecular formula is C27H29ClN2O5. The molecule has 3 aliphatic carbocycles. The first-order valence-electron chi connectivity index (χ1n) is 12.6. The van der Waals surface area contributed by atoms with Crippen LogP contribution in [0.5, 0.6) is 11.5 Å². The standard InChI is InChI=1S/C27H29ClN2O5/c28-18-6-3-16(4-7-18)25(32)29-19-9-10-27(33)21-13-17-5-8-20(31)23-22(17)26(27,24(19)35-23)11-12-30(21,34)14-15-1-2-15/h3-8,15,19,21,24,31,33H,1-2,9-14H2,(H,29,32)/t19-,21-,24+,26+,27-,30?/m1/s1. The number of rotatable bonds is 4. The highest BCUT2D eigenvalue weighted by atomic mass is 35.5. The van der Waals surface area contributed by atoms with Crippen LogP contribution < -0.4 is 10.1 Å². The number of hydroxylamine groups is 3. The molecule has 1 unspecified atom stereocenters. The van der Waals surface area contributed by atoms with Crippen LogP contribution in [-0.4, -0.2) is 57.6 Å². The Kier molecular flexibility index (Phi) is 4.46. The first-order valence-corrected chi connectivity index (χ1v) is 13.0. The number of hydrogen-bond donors (Lipinski definition) is 3. The summed E-state index contributed by atoms with van der Waals surface area (Å²) >= 11 is 5.99. The van der Waals surface area contributed by atoms with Gasteiger partial charge in [0.2, 0.25) is 0 Å². The van der Waals surface area contributed by atoms with Gasteiger partial charge < -0.3 is 30.1 Å². The molecule has 2 aromatic rings. The van der Waals surface area contributed by atoms with Crippen molar-refractivity contribution in [2.45, 2.75) is 67.7 Å². The van der Waals surface area contributed by atoms with E-state index in [4.69, 9.17) is 16.3 Å². The number of nitrogens with one attached hydrogen (secondary N) is 1. The van der Waals surface area contributed by atoms with Gasteiger partial charge in [-0.15, -0.1) is 0 Å². The molecule has 1 saturated heterocycles. The molecule has 2 heterocycles. The predicted molar refractivity (Wildman–Crippen MR) is 129 cm³/mol. The predicted octanol–water partition coefficient (Wildman–Crippen LogP) is 3.42. The second-order valence-electron chi connectivity index (χ2n) is 11.3. The van der Waals surface area contributed by atoms with E-state index in [2.05, 4.69) is 5.32 Å². The van der Waals surface area contributed by atoms with E-state index in [1.165, 1.54) is 0 Å². The molecule has 2 bridgehead atoms. The maximum absolute atomic E-state index is 14.2. The molecule has 2 aromatic carbocycles. The summed E-state index contributed by atoms with van der Waals surface area (Å²) in [6.07, 6.45) is 3.48. The van der Waals surface area contributed by atoms with Crippen molar-refractivity contribution in [2.24, 2.45) is 5.92 Å². The fourth-order valence-electron chi connectivity index (χ4n) is 7.76. The zero-order valence-electron chi connectivity index (χ0n) is 19.4. The molecule has 184 valence electrons. The fraction of sp³-hybridized carbons (Fsp3) is 0.519. The van der Waals surface area contributed by atoms with Gasteiger partial charge in [0.25, 0.3) is 5.91 Å². The Morgan fingerprint density at radius 1 is 1.17 bits per heavy atom. The van der Waals surface area contributed by atoms with Gasteiger partial charge in [0.15, 0.2) is 11.5 Å². The topological polar surface area (TPSA) is 102 Å². The average molecular weight is 497 g/mol. The number of nitrogens with zero attached hydrogens (tertiary/aromatic N) is 1. The van der Waals surface area contributed by atoms with E-state index in [-0.39, 0.29) is 22.3 Å². The van der Waals surface area contributed by atoms with Crippen molar-refractivity contribution in [3.8, 4) is 11.5 Å². The van der Waals surface area contributed by atoms with E-state index in [9.17, 15) is 20.2 Å². The molecule has 0 radical (unpaired) electrons. The lowest BCUT2D eigenvalue weighted by molar-refractivity contribution is -0.924. The summed E-state index contributed by atoms with van der Waals surface area (Å²) in [5.74, 6) is 0.670. The van der Waals surface area contributed by atoms with Crippen LogP contribution in [0.3, 0.4) is 0 Å². The zero-order chi connectivity index (χ0) is 24.2. The lowest BCUT2D eigenvalue weighted by Crippen LogP contribution is -2.81. The number of quaternary nitrogens is 1. The van der Waals surface area contributed by atoms with Gasteiger partial charge in [0, 0.05) is 34.9 Å². The van der Waals surface area contributed by atoms with Crippen LogP contribution in [0.15, 0.2) is 36.4 Å². The van der Waals surface area contributed by atoms with Gasteiger partial charge in [0.1, 0.15) is 17.7 Å². The normalized spacial score (nSPS) is 38.4. The molecule has 5 aliphatic rings. The number of piperidine rings is 1. The number of carbonyl (C=O) groups excluding carboxylic acids is 1. The lowest BCUT2D eigenvalue weighted by Gasteiger charge is -2.68. The summed E-state index contributed by atoms with van der Waals surface area (Å²) in [6, 6.07) is 9.40. The monoisotopic (exact) mass is 496 g/mol. The van der Waals surface area contributed by atoms with Gasteiger partial charge in [-0.2, -0.15) is 0 Å². The molecule has 3 N–H and O–H groups in total. The van der Waals surface area contributed by atoms with Crippen LogP contribution in [0, 0.1) is 11.1 Å². The third kappa shape index (κ3) is 2.87. The second kappa shape index (κ2) is 7.13. The number of aliphatic hydroxyl groups is 1. The Morgan fingerprint density at radius 3 is 2.69 bits per heavy atom. The molecule has 1 spiro atoms. The number of aromatic hydroxyl groups is 1. The number of halogens is 1. The van der Waals surface area contributed by atoms with Gasteiger partial charge in [-0.3, -0.25) is 4.79 Å². The van der Waals surface area contributed by atoms with Crippen LogP contribution in [0.4, 0.5) is 0 Å². The van der Waals surface area contributed by atoms with E-state index in [1.54, 1.807) is 30.3 Å². The van der Waals surface area contributed by atoms with Crippen LogP contribution >= 0.6 is 11.6 Å². The first kappa shape index (κ1) is 21.9. The van der Waals surface area contributed by atoms with E-state index in [0.29, 0.717) is 61.0 Å². The molecular weight excluding hydrogens is 468 g/mol. The van der Waals surface area contributed by atoms with Crippen molar-refractivity contribution in [1.82, 2.24) is 5.32 Å². The summed E-state index contributed by atoms with van der Waals surface area (Å²) in [7, 11) is 0. The number of benzene rings is 2. The maximum Gasteiger partial charge on any atom is 0.251 e. The number of phenolic OH excluding ortho intramolecular Hbond substituents is 1. The lowest BCUT2D eigenvalue weighted by atomic mass is 9.48. The van der Waals surface area contributed by atoms with E-state index in [1.807, 2.05) is 6.07 Å². The minimum absolute atomic E-state index is 0.0440. The van der Waals surface area contributed by atoms with Crippen LogP contribution in [0.25, 0.3) is 0 Å². The first-order chi connectivity index (χ1) is 16.7. The average Bonchev–Trinajstić information content (AvgIpc) is 3.56. The number of amides is 1.